The first kappa shape index (κ1) is 22.6. The Bertz CT molecular complexity index is 969. The van der Waals surface area contributed by atoms with Gasteiger partial charge in [-0.1, -0.05) is 5.21 Å². The molecule has 1 aromatic carbocycles. The van der Waals surface area contributed by atoms with Crippen LogP contribution in [-0.2, 0) is 19.6 Å². The molecule has 0 bridgehead atoms. The zero-order valence-electron chi connectivity index (χ0n) is 17.7. The second kappa shape index (κ2) is 9.82. The minimum Gasteiger partial charge on any atom is -0.379 e. The molecular weight excluding hydrogens is 408 g/mol. The number of amides is 1. The van der Waals surface area contributed by atoms with Gasteiger partial charge in [-0.2, -0.15) is 4.31 Å². The quantitative estimate of drug-likeness (QED) is 0.567. The highest BCUT2D eigenvalue weighted by molar-refractivity contribution is 7.89. The van der Waals surface area contributed by atoms with Crippen LogP contribution < -0.4 is 5.32 Å². The number of nitrogens with zero attached hydrogens (tertiary/aromatic N) is 5. The van der Waals surface area contributed by atoms with Crippen LogP contribution in [0.3, 0.4) is 0 Å². The Hall–Kier alpha value is -2.08. The van der Waals surface area contributed by atoms with Gasteiger partial charge in [-0.25, -0.2) is 13.1 Å². The van der Waals surface area contributed by atoms with Crippen molar-refractivity contribution < 1.29 is 17.9 Å². The molecule has 0 spiro atoms. The van der Waals surface area contributed by atoms with Crippen LogP contribution in [0.1, 0.15) is 26.3 Å². The van der Waals surface area contributed by atoms with Gasteiger partial charge in [-0.05, 0) is 45.0 Å². The number of rotatable bonds is 9. The molecule has 2 aromatic rings. The van der Waals surface area contributed by atoms with Crippen molar-refractivity contribution in [2.75, 3.05) is 53.0 Å². The standard InChI is InChI=1S/C19H30N6O4S/c1-15(2)25-18-6-5-16(13-17(18)21-22-25)30(27,28)23(3)14-19(26)20-7-4-8-24-9-11-29-12-10-24/h5-6,13,15H,4,7-12,14H2,1-3H3,(H,20,26). The molecule has 0 aliphatic carbocycles. The largest absolute Gasteiger partial charge is 0.379 e. The summed E-state index contributed by atoms with van der Waals surface area (Å²) in [7, 11) is -2.41. The monoisotopic (exact) mass is 438 g/mol. The number of fused-ring (bicyclic) bond motifs is 1. The molecule has 1 aromatic heterocycles. The van der Waals surface area contributed by atoms with E-state index in [2.05, 4.69) is 20.5 Å². The molecule has 0 atom stereocenters. The van der Waals surface area contributed by atoms with E-state index in [-0.39, 0.29) is 23.4 Å². The summed E-state index contributed by atoms with van der Waals surface area (Å²) in [5, 5.41) is 10.9. The molecule has 0 saturated carbocycles. The fourth-order valence-electron chi connectivity index (χ4n) is 3.34. The van der Waals surface area contributed by atoms with E-state index < -0.39 is 10.0 Å². The van der Waals surface area contributed by atoms with Crippen LogP contribution in [0.4, 0.5) is 0 Å². The van der Waals surface area contributed by atoms with Gasteiger partial charge in [0.05, 0.1) is 30.2 Å². The predicted octanol–water partition coefficient (Wildman–Crippen LogP) is 0.471. The third kappa shape index (κ3) is 5.34. The maximum Gasteiger partial charge on any atom is 0.243 e. The third-order valence-corrected chi connectivity index (χ3v) is 6.88. The molecule has 1 amide bonds. The number of aromatic nitrogens is 3. The molecule has 1 saturated heterocycles. The summed E-state index contributed by atoms with van der Waals surface area (Å²) in [5.41, 5.74) is 1.27. The molecule has 1 aliphatic heterocycles. The molecule has 1 N–H and O–H groups in total. The van der Waals surface area contributed by atoms with Gasteiger partial charge in [0.25, 0.3) is 0 Å². The van der Waals surface area contributed by atoms with E-state index in [4.69, 9.17) is 4.74 Å². The number of benzene rings is 1. The summed E-state index contributed by atoms with van der Waals surface area (Å²) in [6.45, 7) is 8.41. The maximum absolute atomic E-state index is 12.9. The van der Waals surface area contributed by atoms with E-state index in [0.29, 0.717) is 12.1 Å². The molecule has 11 heteroatoms. The van der Waals surface area contributed by atoms with Gasteiger partial charge >= 0.3 is 0 Å². The number of hydrogen-bond donors (Lipinski definition) is 1. The summed E-state index contributed by atoms with van der Waals surface area (Å²) in [6, 6.07) is 4.83. The van der Waals surface area contributed by atoms with E-state index in [0.717, 1.165) is 49.1 Å². The maximum atomic E-state index is 12.9. The molecule has 0 radical (unpaired) electrons. The molecule has 0 unspecified atom stereocenters. The van der Waals surface area contributed by atoms with Crippen molar-refractivity contribution in [3.8, 4) is 0 Å². The van der Waals surface area contributed by atoms with Gasteiger partial charge in [0, 0.05) is 32.7 Å². The van der Waals surface area contributed by atoms with Crippen molar-refractivity contribution in [2.45, 2.75) is 31.2 Å². The van der Waals surface area contributed by atoms with Crippen molar-refractivity contribution in [3.05, 3.63) is 18.2 Å². The highest BCUT2D eigenvalue weighted by Crippen LogP contribution is 2.21. The van der Waals surface area contributed by atoms with Crippen LogP contribution in [0.15, 0.2) is 23.1 Å². The van der Waals surface area contributed by atoms with E-state index >= 15 is 0 Å². The molecule has 166 valence electrons. The van der Waals surface area contributed by atoms with Crippen LogP contribution in [0.2, 0.25) is 0 Å². The topological polar surface area (TPSA) is 110 Å². The van der Waals surface area contributed by atoms with Crippen molar-refractivity contribution in [1.82, 2.24) is 29.5 Å². The zero-order chi connectivity index (χ0) is 21.7. The second-order valence-electron chi connectivity index (χ2n) is 7.70. The summed E-state index contributed by atoms with van der Waals surface area (Å²) < 4.78 is 33.8. The Morgan fingerprint density at radius 1 is 1.30 bits per heavy atom. The normalized spacial score (nSPS) is 15.9. The minimum atomic E-state index is -3.81. The summed E-state index contributed by atoms with van der Waals surface area (Å²) in [6.07, 6.45) is 0.810. The molecule has 2 heterocycles. The number of ether oxygens (including phenoxy) is 1. The fraction of sp³-hybridized carbons (Fsp3) is 0.632. The lowest BCUT2D eigenvalue weighted by Gasteiger charge is -2.26. The minimum absolute atomic E-state index is 0.0911. The van der Waals surface area contributed by atoms with E-state index in [1.807, 2.05) is 13.8 Å². The average molecular weight is 439 g/mol. The number of carbonyl (C=O) groups is 1. The van der Waals surface area contributed by atoms with Gasteiger partial charge in [0.15, 0.2) is 0 Å². The lowest BCUT2D eigenvalue weighted by atomic mass is 10.3. The van der Waals surface area contributed by atoms with Crippen molar-refractivity contribution in [3.63, 3.8) is 0 Å². The van der Waals surface area contributed by atoms with Gasteiger partial charge < -0.3 is 10.1 Å². The van der Waals surface area contributed by atoms with E-state index in [1.165, 1.54) is 19.2 Å². The van der Waals surface area contributed by atoms with Crippen LogP contribution in [0.25, 0.3) is 11.0 Å². The average Bonchev–Trinajstić information content (AvgIpc) is 3.15. The van der Waals surface area contributed by atoms with Gasteiger partial charge in [0.1, 0.15) is 5.52 Å². The first-order valence-electron chi connectivity index (χ1n) is 10.2. The van der Waals surface area contributed by atoms with E-state index in [1.54, 1.807) is 10.7 Å². The first-order chi connectivity index (χ1) is 14.3. The molecule has 10 nitrogen and oxygen atoms in total. The second-order valence-corrected chi connectivity index (χ2v) is 9.74. The van der Waals surface area contributed by atoms with Crippen LogP contribution in [-0.4, -0.2) is 91.5 Å². The Morgan fingerprint density at radius 3 is 2.73 bits per heavy atom. The zero-order valence-corrected chi connectivity index (χ0v) is 18.6. The Balaban J connectivity index is 1.53. The lowest BCUT2D eigenvalue weighted by molar-refractivity contribution is -0.121. The SMILES string of the molecule is CC(C)n1nnc2cc(S(=O)(=O)N(C)CC(=O)NCCCN3CCOCC3)ccc21. The Kier molecular flexibility index (Phi) is 7.40. The number of hydrogen-bond acceptors (Lipinski definition) is 7. The number of likely N-dealkylation sites (N-methyl/N-ethyl adjacent to an activating group) is 1. The van der Waals surface area contributed by atoms with Gasteiger partial charge in [-0.3, -0.25) is 9.69 Å². The highest BCUT2D eigenvalue weighted by atomic mass is 32.2. The number of nitrogens with one attached hydrogen (secondary N) is 1. The summed E-state index contributed by atoms with van der Waals surface area (Å²) in [4.78, 5) is 14.6. The molecule has 30 heavy (non-hydrogen) atoms. The molecular formula is C19H30N6O4S. The first-order valence-corrected chi connectivity index (χ1v) is 11.6. The molecule has 1 fully saturated rings. The lowest BCUT2D eigenvalue weighted by Crippen LogP contribution is -2.40. The van der Waals surface area contributed by atoms with Crippen molar-refractivity contribution in [1.29, 1.82) is 0 Å². The third-order valence-electron chi connectivity index (χ3n) is 5.08. The van der Waals surface area contributed by atoms with Crippen LogP contribution in [0.5, 0.6) is 0 Å². The van der Waals surface area contributed by atoms with Crippen molar-refractivity contribution in [2.24, 2.45) is 0 Å². The Labute approximate surface area is 177 Å². The van der Waals surface area contributed by atoms with Gasteiger partial charge in [0.2, 0.25) is 15.9 Å². The van der Waals surface area contributed by atoms with Crippen LogP contribution in [0, 0.1) is 0 Å². The van der Waals surface area contributed by atoms with Crippen LogP contribution >= 0.6 is 0 Å². The number of morpholine rings is 1. The van der Waals surface area contributed by atoms with Gasteiger partial charge in [-0.15, -0.1) is 5.10 Å². The number of carbonyl (C=O) groups excluding carboxylic acids is 1. The summed E-state index contributed by atoms with van der Waals surface area (Å²) >= 11 is 0. The van der Waals surface area contributed by atoms with E-state index in [9.17, 15) is 13.2 Å². The fourth-order valence-corrected chi connectivity index (χ4v) is 4.49. The van der Waals surface area contributed by atoms with Crippen molar-refractivity contribution >= 4 is 27.0 Å². The highest BCUT2D eigenvalue weighted by Gasteiger charge is 2.24. The smallest absolute Gasteiger partial charge is 0.243 e. The molecule has 3 rings (SSSR count). The Morgan fingerprint density at radius 2 is 2.03 bits per heavy atom. The molecule has 1 aliphatic rings. The summed E-state index contributed by atoms with van der Waals surface area (Å²) in [5.74, 6) is -0.324. The predicted molar refractivity (Wildman–Crippen MR) is 113 cm³/mol. The number of sulfonamides is 1.